The van der Waals surface area contributed by atoms with Gasteiger partial charge in [-0.25, -0.2) is 4.79 Å². The van der Waals surface area contributed by atoms with Crippen LogP contribution < -0.4 is 14.8 Å². The van der Waals surface area contributed by atoms with Crippen molar-refractivity contribution < 1.29 is 23.5 Å². The fourth-order valence-electron chi connectivity index (χ4n) is 2.10. The zero-order valence-electron chi connectivity index (χ0n) is 13.4. The molecule has 0 fully saturated rings. The van der Waals surface area contributed by atoms with Gasteiger partial charge in [-0.3, -0.25) is 4.79 Å². The Hall–Kier alpha value is -3.54. The summed E-state index contributed by atoms with van der Waals surface area (Å²) in [6.07, 6.45) is 1.39. The van der Waals surface area contributed by atoms with E-state index in [0.29, 0.717) is 22.7 Å². The minimum absolute atomic E-state index is 0.112. The molecule has 6 heteroatoms. The van der Waals surface area contributed by atoms with Crippen molar-refractivity contribution in [1.82, 2.24) is 0 Å². The van der Waals surface area contributed by atoms with Gasteiger partial charge in [0.1, 0.15) is 11.5 Å². The lowest BCUT2D eigenvalue weighted by Gasteiger charge is -2.07. The fourth-order valence-corrected chi connectivity index (χ4v) is 2.10. The molecule has 1 N–H and O–H groups in total. The number of ether oxygens (including phenoxy) is 2. The van der Waals surface area contributed by atoms with Crippen molar-refractivity contribution in [3.8, 4) is 11.5 Å². The highest BCUT2D eigenvalue weighted by molar-refractivity contribution is 6.04. The molecule has 0 aliphatic carbocycles. The molecular formula is C19H15NO5. The Bertz CT molecular complexity index is 852. The average Bonchev–Trinajstić information content (AvgIpc) is 3.18. The third-order valence-electron chi connectivity index (χ3n) is 3.40. The maximum absolute atomic E-state index is 12.2. The van der Waals surface area contributed by atoms with Crippen LogP contribution in [0.15, 0.2) is 71.3 Å². The number of benzene rings is 2. The first kappa shape index (κ1) is 16.3. The molecule has 3 aromatic rings. The number of nitrogens with one attached hydrogen (secondary N) is 1. The van der Waals surface area contributed by atoms with Gasteiger partial charge in [-0.2, -0.15) is 0 Å². The molecule has 0 aliphatic heterocycles. The van der Waals surface area contributed by atoms with Crippen LogP contribution in [0, 0.1) is 0 Å². The van der Waals surface area contributed by atoms with Crippen LogP contribution in [0.25, 0.3) is 0 Å². The minimum atomic E-state index is -0.597. The van der Waals surface area contributed by atoms with E-state index in [1.807, 2.05) is 0 Å². The molecule has 2 aromatic carbocycles. The molecular weight excluding hydrogens is 322 g/mol. The van der Waals surface area contributed by atoms with Crippen LogP contribution in [0.4, 0.5) is 5.69 Å². The molecule has 1 heterocycles. The van der Waals surface area contributed by atoms with Gasteiger partial charge in [0.05, 0.1) is 13.4 Å². The summed E-state index contributed by atoms with van der Waals surface area (Å²) in [5.74, 6) is 0.277. The highest BCUT2D eigenvalue weighted by atomic mass is 16.5. The van der Waals surface area contributed by atoms with E-state index in [1.165, 1.54) is 12.3 Å². The van der Waals surface area contributed by atoms with Gasteiger partial charge >= 0.3 is 5.97 Å². The second-order valence-electron chi connectivity index (χ2n) is 5.07. The summed E-state index contributed by atoms with van der Waals surface area (Å²) < 4.78 is 15.2. The number of hydrogen-bond donors (Lipinski definition) is 1. The summed E-state index contributed by atoms with van der Waals surface area (Å²) in [6, 6.07) is 16.4. The molecule has 0 saturated heterocycles. The van der Waals surface area contributed by atoms with Crippen LogP contribution in [0.3, 0.4) is 0 Å². The third-order valence-corrected chi connectivity index (χ3v) is 3.40. The molecule has 0 saturated carbocycles. The van der Waals surface area contributed by atoms with Crippen LogP contribution in [-0.4, -0.2) is 19.0 Å². The van der Waals surface area contributed by atoms with E-state index in [9.17, 15) is 9.59 Å². The number of rotatable bonds is 5. The summed E-state index contributed by atoms with van der Waals surface area (Å²) in [7, 11) is 1.58. The Balaban J connectivity index is 1.62. The number of amides is 1. The smallest absolute Gasteiger partial charge is 0.379 e. The van der Waals surface area contributed by atoms with Crippen LogP contribution in [0.5, 0.6) is 11.5 Å². The van der Waals surface area contributed by atoms with Crippen molar-refractivity contribution >= 4 is 17.6 Å². The van der Waals surface area contributed by atoms with E-state index in [0.717, 1.165) is 0 Å². The standard InChI is InChI=1S/C19H15NO5/c1-23-15-10-6-14(7-11-15)20-18(21)13-4-8-16(9-5-13)25-19(22)17-3-2-12-24-17/h2-12H,1H3,(H,20,21). The zero-order valence-corrected chi connectivity index (χ0v) is 13.4. The first-order chi connectivity index (χ1) is 12.2. The summed E-state index contributed by atoms with van der Waals surface area (Å²) in [5.41, 5.74) is 1.09. The topological polar surface area (TPSA) is 77.8 Å². The predicted molar refractivity (Wildman–Crippen MR) is 91.1 cm³/mol. The zero-order chi connectivity index (χ0) is 17.6. The molecule has 6 nitrogen and oxygen atoms in total. The lowest BCUT2D eigenvalue weighted by Crippen LogP contribution is -2.12. The molecule has 3 rings (SSSR count). The average molecular weight is 337 g/mol. The summed E-state index contributed by atoms with van der Waals surface area (Å²) in [4.78, 5) is 24.0. The molecule has 126 valence electrons. The van der Waals surface area contributed by atoms with Crippen molar-refractivity contribution in [3.63, 3.8) is 0 Å². The van der Waals surface area contributed by atoms with Crippen LogP contribution >= 0.6 is 0 Å². The molecule has 1 aromatic heterocycles. The van der Waals surface area contributed by atoms with Crippen LogP contribution in [-0.2, 0) is 0 Å². The van der Waals surface area contributed by atoms with E-state index >= 15 is 0 Å². The highest BCUT2D eigenvalue weighted by Gasteiger charge is 2.12. The van der Waals surface area contributed by atoms with E-state index < -0.39 is 5.97 Å². The second kappa shape index (κ2) is 7.35. The monoisotopic (exact) mass is 337 g/mol. The fraction of sp³-hybridized carbons (Fsp3) is 0.0526. The van der Waals surface area contributed by atoms with Crippen molar-refractivity contribution in [2.75, 3.05) is 12.4 Å². The lowest BCUT2D eigenvalue weighted by molar-refractivity contribution is 0.0701. The Morgan fingerprint density at radius 2 is 1.60 bits per heavy atom. The second-order valence-corrected chi connectivity index (χ2v) is 5.07. The van der Waals surface area contributed by atoms with Gasteiger partial charge in [0.15, 0.2) is 0 Å². The molecule has 0 unspecified atom stereocenters. The quantitative estimate of drug-likeness (QED) is 0.566. The van der Waals surface area contributed by atoms with E-state index in [2.05, 4.69) is 5.32 Å². The highest BCUT2D eigenvalue weighted by Crippen LogP contribution is 2.18. The van der Waals surface area contributed by atoms with E-state index in [-0.39, 0.29) is 11.7 Å². The molecule has 0 aliphatic rings. The first-order valence-corrected chi connectivity index (χ1v) is 7.47. The Kier molecular flexibility index (Phi) is 4.80. The largest absolute Gasteiger partial charge is 0.497 e. The number of hydrogen-bond acceptors (Lipinski definition) is 5. The summed E-state index contributed by atoms with van der Waals surface area (Å²) in [5, 5.41) is 2.77. The van der Waals surface area contributed by atoms with E-state index in [4.69, 9.17) is 13.9 Å². The van der Waals surface area contributed by atoms with Crippen molar-refractivity contribution in [2.24, 2.45) is 0 Å². The Morgan fingerprint density at radius 3 is 2.20 bits per heavy atom. The SMILES string of the molecule is COc1ccc(NC(=O)c2ccc(OC(=O)c3ccco3)cc2)cc1. The number of carbonyl (C=O) groups is 2. The van der Waals surface area contributed by atoms with Crippen molar-refractivity contribution in [3.05, 3.63) is 78.3 Å². The maximum Gasteiger partial charge on any atom is 0.379 e. The van der Waals surface area contributed by atoms with E-state index in [1.54, 1.807) is 61.7 Å². The molecule has 1 amide bonds. The van der Waals surface area contributed by atoms with Gasteiger partial charge in [0.25, 0.3) is 5.91 Å². The Morgan fingerprint density at radius 1 is 0.920 bits per heavy atom. The molecule has 0 bridgehead atoms. The molecule has 0 atom stereocenters. The van der Waals surface area contributed by atoms with Gasteiger partial charge in [0.2, 0.25) is 5.76 Å². The normalized spacial score (nSPS) is 10.1. The minimum Gasteiger partial charge on any atom is -0.497 e. The lowest BCUT2D eigenvalue weighted by atomic mass is 10.2. The molecule has 25 heavy (non-hydrogen) atoms. The van der Waals surface area contributed by atoms with Crippen molar-refractivity contribution in [2.45, 2.75) is 0 Å². The maximum atomic E-state index is 12.2. The number of furan rings is 1. The summed E-state index contributed by atoms with van der Waals surface area (Å²) >= 11 is 0. The number of methoxy groups -OCH3 is 1. The molecule has 0 radical (unpaired) electrons. The van der Waals surface area contributed by atoms with Gasteiger partial charge < -0.3 is 19.2 Å². The summed E-state index contributed by atoms with van der Waals surface area (Å²) in [6.45, 7) is 0. The number of carbonyl (C=O) groups excluding carboxylic acids is 2. The third kappa shape index (κ3) is 4.06. The van der Waals surface area contributed by atoms with Gasteiger partial charge in [0, 0.05) is 11.3 Å². The predicted octanol–water partition coefficient (Wildman–Crippen LogP) is 3.76. The van der Waals surface area contributed by atoms with Crippen LogP contribution in [0.2, 0.25) is 0 Å². The van der Waals surface area contributed by atoms with Gasteiger partial charge in [-0.05, 0) is 60.7 Å². The first-order valence-electron chi connectivity index (χ1n) is 7.47. The van der Waals surface area contributed by atoms with Crippen molar-refractivity contribution in [1.29, 1.82) is 0 Å². The van der Waals surface area contributed by atoms with Gasteiger partial charge in [-0.15, -0.1) is 0 Å². The number of anilines is 1. The van der Waals surface area contributed by atoms with Crippen LogP contribution in [0.1, 0.15) is 20.9 Å². The number of esters is 1. The van der Waals surface area contributed by atoms with Gasteiger partial charge in [-0.1, -0.05) is 0 Å². The molecule has 0 spiro atoms. The Labute approximate surface area is 144 Å².